The Bertz CT molecular complexity index is 434. The second kappa shape index (κ2) is 6.15. The first-order chi connectivity index (χ1) is 8.97. The summed E-state index contributed by atoms with van der Waals surface area (Å²) in [7, 11) is 0. The highest BCUT2D eigenvalue weighted by atomic mass is 35.5. The van der Waals surface area contributed by atoms with Gasteiger partial charge in [0.05, 0.1) is 12.2 Å². The first-order valence-corrected chi connectivity index (χ1v) is 6.55. The van der Waals surface area contributed by atoms with E-state index in [-0.39, 0.29) is 18.9 Å². The minimum Gasteiger partial charge on any atom is -0.389 e. The van der Waals surface area contributed by atoms with Crippen LogP contribution in [0.2, 0.25) is 5.02 Å². The number of piperidine rings is 1. The van der Waals surface area contributed by atoms with Gasteiger partial charge in [-0.25, -0.2) is 4.39 Å². The Balaban J connectivity index is 1.92. The number of hydrogen-bond donors (Lipinski definition) is 3. The molecular weight excluding hydrogens is 273 g/mol. The van der Waals surface area contributed by atoms with Gasteiger partial charge in [-0.15, -0.1) is 0 Å². The van der Waals surface area contributed by atoms with Gasteiger partial charge in [0, 0.05) is 24.7 Å². The first kappa shape index (κ1) is 14.7. The third-order valence-corrected chi connectivity index (χ3v) is 3.63. The maximum absolute atomic E-state index is 13.6. The third-order valence-electron chi connectivity index (χ3n) is 3.39. The Kier molecular flexibility index (Phi) is 4.76. The van der Waals surface area contributed by atoms with Crippen molar-refractivity contribution in [3.05, 3.63) is 34.6 Å². The summed E-state index contributed by atoms with van der Waals surface area (Å²) in [5, 5.41) is 28.9. The fourth-order valence-electron chi connectivity index (χ4n) is 2.26. The van der Waals surface area contributed by atoms with Gasteiger partial charge in [0.1, 0.15) is 11.9 Å². The van der Waals surface area contributed by atoms with Crippen molar-refractivity contribution in [1.82, 2.24) is 4.90 Å². The van der Waals surface area contributed by atoms with E-state index in [4.69, 9.17) is 11.6 Å². The van der Waals surface area contributed by atoms with Crippen molar-refractivity contribution in [2.75, 3.05) is 19.6 Å². The molecule has 1 heterocycles. The van der Waals surface area contributed by atoms with E-state index in [0.717, 1.165) is 0 Å². The number of nitrogens with zero attached hydrogens (tertiary/aromatic N) is 1. The smallest absolute Gasteiger partial charge is 0.127 e. The van der Waals surface area contributed by atoms with Crippen LogP contribution in [0, 0.1) is 5.82 Å². The van der Waals surface area contributed by atoms with Crippen LogP contribution in [-0.4, -0.2) is 58.2 Å². The van der Waals surface area contributed by atoms with Crippen molar-refractivity contribution in [2.24, 2.45) is 0 Å². The Morgan fingerprint density at radius 2 is 1.84 bits per heavy atom. The third kappa shape index (κ3) is 3.64. The van der Waals surface area contributed by atoms with Gasteiger partial charge in [0.15, 0.2) is 0 Å². The van der Waals surface area contributed by atoms with Gasteiger partial charge in [-0.05, 0) is 24.1 Å². The van der Waals surface area contributed by atoms with Crippen LogP contribution in [0.25, 0.3) is 0 Å². The summed E-state index contributed by atoms with van der Waals surface area (Å²) in [6.45, 7) is 1.04. The molecule has 1 fully saturated rings. The van der Waals surface area contributed by atoms with Crippen molar-refractivity contribution in [1.29, 1.82) is 0 Å². The molecule has 4 nitrogen and oxygen atoms in total. The van der Waals surface area contributed by atoms with E-state index in [1.54, 1.807) is 17.0 Å². The molecule has 0 saturated carbocycles. The highest BCUT2D eigenvalue weighted by Gasteiger charge is 2.32. The standard InChI is InChI=1S/C13H17ClFNO3/c14-9-2-1-8(10(15)5-9)3-4-16-6-11(17)13(19)12(18)7-16/h1-2,5,11-13,17-19H,3-4,6-7H2. The molecule has 1 aromatic rings. The van der Waals surface area contributed by atoms with Crippen LogP contribution >= 0.6 is 11.6 Å². The molecule has 0 spiro atoms. The topological polar surface area (TPSA) is 63.9 Å². The molecule has 1 aliphatic heterocycles. The summed E-state index contributed by atoms with van der Waals surface area (Å²) in [6.07, 6.45) is -2.60. The van der Waals surface area contributed by atoms with E-state index in [1.165, 1.54) is 6.07 Å². The van der Waals surface area contributed by atoms with Gasteiger partial charge in [-0.2, -0.15) is 0 Å². The molecule has 2 atom stereocenters. The SMILES string of the molecule is OC1CN(CCc2ccc(Cl)cc2F)CC(O)C1O. The Morgan fingerprint density at radius 1 is 1.21 bits per heavy atom. The Labute approximate surface area is 116 Å². The fourth-order valence-corrected chi connectivity index (χ4v) is 2.42. The molecule has 3 N–H and O–H groups in total. The van der Waals surface area contributed by atoms with Crippen molar-refractivity contribution < 1.29 is 19.7 Å². The first-order valence-electron chi connectivity index (χ1n) is 6.18. The predicted octanol–water partition coefficient (Wildman–Crippen LogP) is 0.420. The zero-order valence-corrected chi connectivity index (χ0v) is 11.1. The predicted molar refractivity (Wildman–Crippen MR) is 69.6 cm³/mol. The monoisotopic (exact) mass is 289 g/mol. The van der Waals surface area contributed by atoms with E-state index >= 15 is 0 Å². The van der Waals surface area contributed by atoms with E-state index in [1.807, 2.05) is 0 Å². The number of aliphatic hydroxyl groups excluding tert-OH is 3. The summed E-state index contributed by atoms with van der Waals surface area (Å²) < 4.78 is 13.6. The number of halogens is 2. The van der Waals surface area contributed by atoms with Crippen LogP contribution in [-0.2, 0) is 6.42 Å². The fraction of sp³-hybridized carbons (Fsp3) is 0.538. The molecule has 1 aromatic carbocycles. The molecule has 0 aliphatic carbocycles. The second-order valence-electron chi connectivity index (χ2n) is 4.87. The maximum atomic E-state index is 13.6. The lowest BCUT2D eigenvalue weighted by atomic mass is 10.0. The average Bonchev–Trinajstić information content (AvgIpc) is 2.34. The van der Waals surface area contributed by atoms with Crippen LogP contribution in [0.1, 0.15) is 5.56 Å². The number of rotatable bonds is 3. The molecule has 2 rings (SSSR count). The minimum atomic E-state index is -1.11. The van der Waals surface area contributed by atoms with Crippen LogP contribution in [0.15, 0.2) is 18.2 Å². The van der Waals surface area contributed by atoms with Gasteiger partial charge in [0.2, 0.25) is 0 Å². The van der Waals surface area contributed by atoms with Crippen LogP contribution < -0.4 is 0 Å². The van der Waals surface area contributed by atoms with Crippen LogP contribution in [0.3, 0.4) is 0 Å². The van der Waals surface area contributed by atoms with Gasteiger partial charge in [-0.1, -0.05) is 17.7 Å². The molecule has 1 saturated heterocycles. The number of aliphatic hydroxyl groups is 3. The Hall–Kier alpha value is -0.720. The molecule has 106 valence electrons. The molecule has 1 aliphatic rings. The molecule has 2 unspecified atom stereocenters. The molecule has 19 heavy (non-hydrogen) atoms. The summed E-state index contributed by atoms with van der Waals surface area (Å²) in [5.41, 5.74) is 0.541. The second-order valence-corrected chi connectivity index (χ2v) is 5.31. The normalized spacial score (nSPS) is 28.6. The maximum Gasteiger partial charge on any atom is 0.127 e. The molecule has 0 amide bonds. The lowest BCUT2D eigenvalue weighted by Crippen LogP contribution is -2.55. The largest absolute Gasteiger partial charge is 0.389 e. The lowest BCUT2D eigenvalue weighted by Gasteiger charge is -2.36. The number of benzene rings is 1. The molecule has 6 heteroatoms. The van der Waals surface area contributed by atoms with Crippen molar-refractivity contribution in [3.8, 4) is 0 Å². The van der Waals surface area contributed by atoms with E-state index < -0.39 is 18.3 Å². The summed E-state index contributed by atoms with van der Waals surface area (Å²) in [4.78, 5) is 1.80. The molecule has 0 bridgehead atoms. The van der Waals surface area contributed by atoms with E-state index in [9.17, 15) is 19.7 Å². The zero-order chi connectivity index (χ0) is 14.0. The highest BCUT2D eigenvalue weighted by Crippen LogP contribution is 2.17. The van der Waals surface area contributed by atoms with Crippen LogP contribution in [0.5, 0.6) is 0 Å². The summed E-state index contributed by atoms with van der Waals surface area (Å²) >= 11 is 5.68. The van der Waals surface area contributed by atoms with Crippen LogP contribution in [0.4, 0.5) is 4.39 Å². The lowest BCUT2D eigenvalue weighted by molar-refractivity contribution is -0.109. The summed E-state index contributed by atoms with van der Waals surface area (Å²) in [6, 6.07) is 4.52. The van der Waals surface area contributed by atoms with E-state index in [0.29, 0.717) is 23.6 Å². The van der Waals surface area contributed by atoms with Crippen molar-refractivity contribution in [3.63, 3.8) is 0 Å². The quantitative estimate of drug-likeness (QED) is 0.755. The van der Waals surface area contributed by atoms with Gasteiger partial charge in [0.25, 0.3) is 0 Å². The molecule has 0 aromatic heterocycles. The number of likely N-dealkylation sites (tertiary alicyclic amines) is 1. The van der Waals surface area contributed by atoms with Gasteiger partial charge >= 0.3 is 0 Å². The van der Waals surface area contributed by atoms with E-state index in [2.05, 4.69) is 0 Å². The Morgan fingerprint density at radius 3 is 2.42 bits per heavy atom. The summed E-state index contributed by atoms with van der Waals surface area (Å²) in [5.74, 6) is -0.356. The zero-order valence-electron chi connectivity index (χ0n) is 10.3. The molecule has 0 radical (unpaired) electrons. The molecular formula is C13H17ClFNO3. The minimum absolute atomic E-state index is 0.271. The number of β-amino-alcohol motifs (C(OH)–C–C–N with tert-alkyl or cyclic N) is 2. The highest BCUT2D eigenvalue weighted by molar-refractivity contribution is 6.30. The van der Waals surface area contributed by atoms with Crippen molar-refractivity contribution in [2.45, 2.75) is 24.7 Å². The average molecular weight is 290 g/mol. The van der Waals surface area contributed by atoms with Gasteiger partial charge in [-0.3, -0.25) is 4.90 Å². The number of hydrogen-bond acceptors (Lipinski definition) is 4. The van der Waals surface area contributed by atoms with Crippen molar-refractivity contribution >= 4 is 11.6 Å². The van der Waals surface area contributed by atoms with Gasteiger partial charge < -0.3 is 15.3 Å².